The summed E-state index contributed by atoms with van der Waals surface area (Å²) in [4.78, 5) is 1.83. The highest BCUT2D eigenvalue weighted by atomic mass is 19.1. The zero-order chi connectivity index (χ0) is 13.7. The monoisotopic (exact) mass is 250 g/mol. The van der Waals surface area contributed by atoms with E-state index >= 15 is 0 Å². The lowest BCUT2D eigenvalue weighted by Gasteiger charge is -2.25. The first-order chi connectivity index (χ1) is 8.49. The van der Waals surface area contributed by atoms with Gasteiger partial charge in [-0.2, -0.15) is 5.26 Å². The molecule has 3 nitrogen and oxygen atoms in total. The van der Waals surface area contributed by atoms with Gasteiger partial charge in [-0.25, -0.2) is 4.39 Å². The normalized spacial score (nSPS) is 13.8. The second-order valence-corrected chi connectivity index (χ2v) is 4.46. The highest BCUT2D eigenvalue weighted by molar-refractivity contribution is 5.49. The summed E-state index contributed by atoms with van der Waals surface area (Å²) in [5.74, 6) is -0.513. The molecule has 0 spiro atoms. The molecule has 0 heterocycles. The van der Waals surface area contributed by atoms with Crippen molar-refractivity contribution in [3.63, 3.8) is 0 Å². The van der Waals surface area contributed by atoms with Crippen molar-refractivity contribution in [2.24, 2.45) is 5.92 Å². The molecule has 0 aliphatic heterocycles. The van der Waals surface area contributed by atoms with Gasteiger partial charge in [0.15, 0.2) is 0 Å². The molecular weight excluding hydrogens is 231 g/mol. The van der Waals surface area contributed by atoms with Crippen LogP contribution in [0.3, 0.4) is 0 Å². The number of benzene rings is 1. The SMILES string of the molecule is CCN(CC(C)C#N)c1ccc([C@@H](C)O)cc1F. The molecule has 0 bridgehead atoms. The van der Waals surface area contributed by atoms with Gasteiger partial charge in [-0.3, -0.25) is 0 Å². The van der Waals surface area contributed by atoms with E-state index < -0.39 is 6.10 Å². The van der Waals surface area contributed by atoms with E-state index in [1.54, 1.807) is 19.1 Å². The number of nitrogens with zero attached hydrogens (tertiary/aromatic N) is 2. The molecule has 0 saturated carbocycles. The molecule has 0 aromatic heterocycles. The molecule has 98 valence electrons. The fourth-order valence-electron chi connectivity index (χ4n) is 1.81. The fraction of sp³-hybridized carbons (Fsp3) is 0.500. The van der Waals surface area contributed by atoms with Crippen LogP contribution in [0.4, 0.5) is 10.1 Å². The molecule has 1 N–H and O–H groups in total. The van der Waals surface area contributed by atoms with E-state index in [0.717, 1.165) is 0 Å². The Hall–Kier alpha value is -1.60. The molecule has 0 radical (unpaired) electrons. The Bertz CT molecular complexity index is 440. The van der Waals surface area contributed by atoms with Crippen LogP contribution < -0.4 is 4.90 Å². The predicted octanol–water partition coefficient (Wildman–Crippen LogP) is 2.86. The topological polar surface area (TPSA) is 47.3 Å². The number of aliphatic hydroxyl groups is 1. The third-order valence-electron chi connectivity index (χ3n) is 2.89. The van der Waals surface area contributed by atoms with Crippen molar-refractivity contribution in [1.29, 1.82) is 5.26 Å². The number of rotatable bonds is 5. The fourth-order valence-corrected chi connectivity index (χ4v) is 1.81. The summed E-state index contributed by atoms with van der Waals surface area (Å²) in [5, 5.41) is 18.2. The van der Waals surface area contributed by atoms with Gasteiger partial charge in [-0.15, -0.1) is 0 Å². The van der Waals surface area contributed by atoms with Crippen molar-refractivity contribution in [3.8, 4) is 6.07 Å². The van der Waals surface area contributed by atoms with E-state index in [1.165, 1.54) is 6.07 Å². The summed E-state index contributed by atoms with van der Waals surface area (Å²) in [6, 6.07) is 6.86. The number of halogens is 1. The van der Waals surface area contributed by atoms with Gasteiger partial charge in [0.05, 0.1) is 23.8 Å². The van der Waals surface area contributed by atoms with Gasteiger partial charge in [0.25, 0.3) is 0 Å². The van der Waals surface area contributed by atoms with Crippen LogP contribution in [-0.2, 0) is 0 Å². The van der Waals surface area contributed by atoms with Crippen LogP contribution in [0, 0.1) is 23.1 Å². The lowest BCUT2D eigenvalue weighted by molar-refractivity contribution is 0.199. The number of nitriles is 1. The highest BCUT2D eigenvalue weighted by Gasteiger charge is 2.14. The summed E-state index contributed by atoms with van der Waals surface area (Å²) < 4.78 is 14.0. The number of anilines is 1. The average molecular weight is 250 g/mol. The maximum absolute atomic E-state index is 14.0. The lowest BCUT2D eigenvalue weighted by atomic mass is 10.1. The third kappa shape index (κ3) is 3.44. The summed E-state index contributed by atoms with van der Waals surface area (Å²) in [6.45, 7) is 6.47. The molecule has 0 amide bonds. The molecule has 0 saturated heterocycles. The van der Waals surface area contributed by atoms with Crippen LogP contribution in [-0.4, -0.2) is 18.2 Å². The Morgan fingerprint density at radius 1 is 1.44 bits per heavy atom. The summed E-state index contributed by atoms with van der Waals surface area (Å²) in [5.41, 5.74) is 1.03. The number of aliphatic hydroxyl groups excluding tert-OH is 1. The first-order valence-corrected chi connectivity index (χ1v) is 6.11. The van der Waals surface area contributed by atoms with Crippen molar-refractivity contribution in [2.45, 2.75) is 26.9 Å². The molecule has 0 aliphatic rings. The second kappa shape index (κ2) is 6.36. The minimum absolute atomic E-state index is 0.152. The Balaban J connectivity index is 2.97. The van der Waals surface area contributed by atoms with Crippen LogP contribution in [0.2, 0.25) is 0 Å². The maximum atomic E-state index is 14.0. The minimum Gasteiger partial charge on any atom is -0.389 e. The molecule has 1 unspecified atom stereocenters. The molecular formula is C14H19FN2O. The van der Waals surface area contributed by atoms with Gasteiger partial charge >= 0.3 is 0 Å². The Kier molecular flexibility index (Phi) is 5.11. The van der Waals surface area contributed by atoms with Gasteiger partial charge in [0, 0.05) is 13.1 Å². The quantitative estimate of drug-likeness (QED) is 0.874. The van der Waals surface area contributed by atoms with Crippen LogP contribution in [0.1, 0.15) is 32.4 Å². The van der Waals surface area contributed by atoms with E-state index in [1.807, 2.05) is 18.7 Å². The van der Waals surface area contributed by atoms with Crippen LogP contribution in [0.25, 0.3) is 0 Å². The summed E-state index contributed by atoms with van der Waals surface area (Å²) >= 11 is 0. The first kappa shape index (κ1) is 14.5. The molecule has 18 heavy (non-hydrogen) atoms. The van der Waals surface area contributed by atoms with Crippen molar-refractivity contribution >= 4 is 5.69 Å². The smallest absolute Gasteiger partial charge is 0.146 e. The Morgan fingerprint density at radius 2 is 2.11 bits per heavy atom. The van der Waals surface area contributed by atoms with E-state index in [0.29, 0.717) is 24.3 Å². The minimum atomic E-state index is -0.679. The Morgan fingerprint density at radius 3 is 2.56 bits per heavy atom. The third-order valence-corrected chi connectivity index (χ3v) is 2.89. The maximum Gasteiger partial charge on any atom is 0.146 e. The van der Waals surface area contributed by atoms with Gasteiger partial charge in [-0.05, 0) is 38.5 Å². The number of hydrogen-bond donors (Lipinski definition) is 1. The predicted molar refractivity (Wildman–Crippen MR) is 69.7 cm³/mol. The van der Waals surface area contributed by atoms with Gasteiger partial charge in [0.2, 0.25) is 0 Å². The van der Waals surface area contributed by atoms with E-state index in [9.17, 15) is 9.50 Å². The standard InChI is InChI=1S/C14H19FN2O/c1-4-17(9-10(2)8-16)14-6-5-12(11(3)18)7-13(14)15/h5-7,10-11,18H,4,9H2,1-3H3/t10?,11-/m1/s1. The molecule has 1 aromatic rings. The van der Waals surface area contributed by atoms with Crippen LogP contribution in [0.5, 0.6) is 0 Å². The molecule has 1 rings (SSSR count). The summed E-state index contributed by atoms with van der Waals surface area (Å²) in [6.07, 6.45) is -0.679. The molecule has 4 heteroatoms. The van der Waals surface area contributed by atoms with Crippen molar-refractivity contribution in [2.75, 3.05) is 18.0 Å². The molecule has 2 atom stereocenters. The Labute approximate surface area is 107 Å². The second-order valence-electron chi connectivity index (χ2n) is 4.46. The first-order valence-electron chi connectivity index (χ1n) is 6.11. The molecule has 0 aliphatic carbocycles. The van der Waals surface area contributed by atoms with Crippen molar-refractivity contribution in [3.05, 3.63) is 29.6 Å². The van der Waals surface area contributed by atoms with Crippen LogP contribution in [0.15, 0.2) is 18.2 Å². The van der Waals surface area contributed by atoms with Gasteiger partial charge in [-0.1, -0.05) is 6.07 Å². The van der Waals surface area contributed by atoms with E-state index in [-0.39, 0.29) is 11.7 Å². The van der Waals surface area contributed by atoms with E-state index in [2.05, 4.69) is 6.07 Å². The lowest BCUT2D eigenvalue weighted by Crippen LogP contribution is -2.28. The largest absolute Gasteiger partial charge is 0.389 e. The zero-order valence-corrected chi connectivity index (χ0v) is 11.0. The van der Waals surface area contributed by atoms with E-state index in [4.69, 9.17) is 5.26 Å². The number of hydrogen-bond acceptors (Lipinski definition) is 3. The van der Waals surface area contributed by atoms with Crippen molar-refractivity contribution in [1.82, 2.24) is 0 Å². The molecule has 0 fully saturated rings. The summed E-state index contributed by atoms with van der Waals surface area (Å²) in [7, 11) is 0. The van der Waals surface area contributed by atoms with Crippen LogP contribution >= 0.6 is 0 Å². The highest BCUT2D eigenvalue weighted by Crippen LogP contribution is 2.24. The van der Waals surface area contributed by atoms with Gasteiger partial charge in [0.1, 0.15) is 5.82 Å². The van der Waals surface area contributed by atoms with Crippen molar-refractivity contribution < 1.29 is 9.50 Å². The molecule has 1 aromatic carbocycles. The average Bonchev–Trinajstić information content (AvgIpc) is 2.35. The zero-order valence-electron chi connectivity index (χ0n) is 11.0. The van der Waals surface area contributed by atoms with Gasteiger partial charge < -0.3 is 10.0 Å².